The van der Waals surface area contributed by atoms with Crippen molar-refractivity contribution >= 4 is 51.6 Å². The first kappa shape index (κ1) is 23.8. The number of halogens is 1. The van der Waals surface area contributed by atoms with Crippen LogP contribution in [0.15, 0.2) is 66.7 Å². The Kier molecular flexibility index (Phi) is 6.75. The molecule has 0 aliphatic heterocycles. The zero-order chi connectivity index (χ0) is 25.1. The minimum absolute atomic E-state index is 0.135. The first-order valence-electron chi connectivity index (χ1n) is 10.7. The Morgan fingerprint density at radius 3 is 2.20 bits per heavy atom. The van der Waals surface area contributed by atoms with Gasteiger partial charge in [-0.1, -0.05) is 29.8 Å². The maximum Gasteiger partial charge on any atom is 0.328 e. The number of hydrogen-bond donors (Lipinski definition) is 3. The van der Waals surface area contributed by atoms with Gasteiger partial charge < -0.3 is 15.4 Å². The molecule has 9 heteroatoms. The number of amides is 3. The van der Waals surface area contributed by atoms with E-state index >= 15 is 0 Å². The van der Waals surface area contributed by atoms with E-state index in [2.05, 4.69) is 16.1 Å². The highest BCUT2D eigenvalue weighted by Crippen LogP contribution is 2.25. The van der Waals surface area contributed by atoms with E-state index < -0.39 is 17.7 Å². The van der Waals surface area contributed by atoms with Crippen molar-refractivity contribution in [3.05, 3.63) is 88.6 Å². The predicted octanol–water partition coefficient (Wildman–Crippen LogP) is 4.88. The van der Waals surface area contributed by atoms with Gasteiger partial charge in [0.15, 0.2) is 0 Å². The molecule has 35 heavy (non-hydrogen) atoms. The van der Waals surface area contributed by atoms with Crippen molar-refractivity contribution in [3.63, 3.8) is 0 Å². The molecule has 3 N–H and O–H groups in total. The van der Waals surface area contributed by atoms with Crippen molar-refractivity contribution in [2.45, 2.75) is 13.8 Å². The molecule has 1 aromatic heterocycles. The van der Waals surface area contributed by atoms with Gasteiger partial charge in [0.1, 0.15) is 11.4 Å². The second kappa shape index (κ2) is 9.90. The van der Waals surface area contributed by atoms with E-state index in [1.807, 2.05) is 32.0 Å². The largest absolute Gasteiger partial charge is 0.497 e. The fourth-order valence-electron chi connectivity index (χ4n) is 3.68. The van der Waals surface area contributed by atoms with Crippen molar-refractivity contribution in [1.82, 2.24) is 4.68 Å². The molecule has 0 spiro atoms. The lowest BCUT2D eigenvalue weighted by Crippen LogP contribution is -2.36. The number of aromatic nitrogens is 1. The van der Waals surface area contributed by atoms with Gasteiger partial charge in [-0.3, -0.25) is 19.8 Å². The summed E-state index contributed by atoms with van der Waals surface area (Å²) in [6.07, 6.45) is 0. The van der Waals surface area contributed by atoms with Gasteiger partial charge in [-0.2, -0.15) is 0 Å². The molecule has 0 aliphatic rings. The van der Waals surface area contributed by atoms with Crippen LogP contribution in [0.5, 0.6) is 5.75 Å². The molecular formula is C26H23ClN4O4. The van der Waals surface area contributed by atoms with Crippen LogP contribution < -0.4 is 20.8 Å². The van der Waals surface area contributed by atoms with Crippen molar-refractivity contribution < 1.29 is 19.1 Å². The molecule has 0 saturated heterocycles. The average Bonchev–Trinajstić information content (AvgIpc) is 3.19. The molecule has 0 radical (unpaired) electrons. The lowest BCUT2D eigenvalue weighted by Gasteiger charge is -2.14. The number of carbonyl (C=O) groups is 3. The van der Waals surface area contributed by atoms with Crippen LogP contribution in [0.25, 0.3) is 10.9 Å². The van der Waals surface area contributed by atoms with Crippen LogP contribution in [0.4, 0.5) is 11.4 Å². The number of para-hydroxylation sites is 1. The third-order valence-electron chi connectivity index (χ3n) is 5.48. The second-order valence-corrected chi connectivity index (χ2v) is 8.35. The van der Waals surface area contributed by atoms with Crippen molar-refractivity contribution in [3.8, 4) is 5.75 Å². The second-order valence-electron chi connectivity index (χ2n) is 7.91. The smallest absolute Gasteiger partial charge is 0.328 e. The maximum atomic E-state index is 13.3. The van der Waals surface area contributed by atoms with Gasteiger partial charge in [-0.15, -0.1) is 0 Å². The number of nitrogens with zero attached hydrogens (tertiary/aromatic N) is 1. The van der Waals surface area contributed by atoms with Gasteiger partial charge >= 0.3 is 11.8 Å². The standard InChI is InChI=1S/C26H23ClN4O4/c1-15-5-4-6-16(2)23(15)29-24(32)22-14-17-13-18(27)7-12-21(17)31(22)30-26(34)25(33)28-19-8-10-20(35-3)11-9-19/h4-14H,1-3H3,(H,28,33)(H,29,32)(H,30,34). The van der Waals surface area contributed by atoms with Crippen LogP contribution in [0.2, 0.25) is 5.02 Å². The van der Waals surface area contributed by atoms with E-state index in [1.54, 1.807) is 48.5 Å². The minimum Gasteiger partial charge on any atom is -0.497 e. The Labute approximate surface area is 206 Å². The number of anilines is 2. The van der Waals surface area contributed by atoms with E-state index in [9.17, 15) is 14.4 Å². The zero-order valence-corrected chi connectivity index (χ0v) is 20.1. The normalized spacial score (nSPS) is 10.6. The predicted molar refractivity (Wildman–Crippen MR) is 137 cm³/mol. The zero-order valence-electron chi connectivity index (χ0n) is 19.3. The van der Waals surface area contributed by atoms with Gasteiger partial charge in [-0.05, 0) is 73.5 Å². The van der Waals surface area contributed by atoms with Gasteiger partial charge in [0.2, 0.25) is 0 Å². The van der Waals surface area contributed by atoms with Crippen molar-refractivity contribution in [1.29, 1.82) is 0 Å². The Morgan fingerprint density at radius 2 is 1.54 bits per heavy atom. The van der Waals surface area contributed by atoms with E-state index in [4.69, 9.17) is 16.3 Å². The van der Waals surface area contributed by atoms with Crippen molar-refractivity contribution in [2.24, 2.45) is 0 Å². The van der Waals surface area contributed by atoms with E-state index in [0.29, 0.717) is 33.0 Å². The molecular weight excluding hydrogens is 468 g/mol. The topological polar surface area (TPSA) is 101 Å². The van der Waals surface area contributed by atoms with Gasteiger partial charge in [0.05, 0.1) is 12.6 Å². The first-order chi connectivity index (χ1) is 16.8. The number of nitrogens with one attached hydrogen (secondary N) is 3. The first-order valence-corrected chi connectivity index (χ1v) is 11.1. The van der Waals surface area contributed by atoms with Crippen LogP contribution >= 0.6 is 11.6 Å². The summed E-state index contributed by atoms with van der Waals surface area (Å²) in [6.45, 7) is 3.78. The van der Waals surface area contributed by atoms with E-state index in [-0.39, 0.29) is 5.69 Å². The third kappa shape index (κ3) is 5.12. The van der Waals surface area contributed by atoms with Crippen LogP contribution in [0.1, 0.15) is 21.6 Å². The molecule has 0 atom stereocenters. The summed E-state index contributed by atoms with van der Waals surface area (Å²) in [7, 11) is 1.53. The number of methoxy groups -OCH3 is 1. The Hall–Kier alpha value is -4.30. The number of ether oxygens (including phenoxy) is 1. The number of rotatable bonds is 5. The third-order valence-corrected chi connectivity index (χ3v) is 5.72. The molecule has 3 amide bonds. The molecule has 8 nitrogen and oxygen atoms in total. The summed E-state index contributed by atoms with van der Waals surface area (Å²) in [4.78, 5) is 38.6. The number of aryl methyl sites for hydroxylation is 2. The van der Waals surface area contributed by atoms with Gasteiger partial charge in [0.25, 0.3) is 5.91 Å². The lowest BCUT2D eigenvalue weighted by molar-refractivity contribution is -0.133. The average molecular weight is 491 g/mol. The SMILES string of the molecule is COc1ccc(NC(=O)C(=O)Nn2c(C(=O)Nc3c(C)cccc3C)cc3cc(Cl)ccc32)cc1. The maximum absolute atomic E-state index is 13.3. The van der Waals surface area contributed by atoms with Gasteiger partial charge in [-0.25, -0.2) is 4.68 Å². The highest BCUT2D eigenvalue weighted by Gasteiger charge is 2.22. The summed E-state index contributed by atoms with van der Waals surface area (Å²) in [5.41, 5.74) is 6.06. The molecule has 0 unspecified atom stereocenters. The molecule has 0 bridgehead atoms. The summed E-state index contributed by atoms with van der Waals surface area (Å²) in [6, 6.07) is 18.8. The molecule has 178 valence electrons. The molecule has 4 rings (SSSR count). The number of benzene rings is 3. The Morgan fingerprint density at radius 1 is 0.857 bits per heavy atom. The van der Waals surface area contributed by atoms with Crippen LogP contribution in [0, 0.1) is 13.8 Å². The molecule has 3 aromatic carbocycles. The van der Waals surface area contributed by atoms with E-state index in [0.717, 1.165) is 11.1 Å². The highest BCUT2D eigenvalue weighted by atomic mass is 35.5. The quantitative estimate of drug-likeness (QED) is 0.347. The molecule has 0 saturated carbocycles. The number of hydrogen-bond acceptors (Lipinski definition) is 4. The Balaban J connectivity index is 1.63. The summed E-state index contributed by atoms with van der Waals surface area (Å²) < 4.78 is 6.37. The fourth-order valence-corrected chi connectivity index (χ4v) is 3.86. The van der Waals surface area contributed by atoms with Crippen LogP contribution in [-0.2, 0) is 9.59 Å². The van der Waals surface area contributed by atoms with Crippen molar-refractivity contribution in [2.75, 3.05) is 23.2 Å². The summed E-state index contributed by atoms with van der Waals surface area (Å²) >= 11 is 6.13. The minimum atomic E-state index is -0.950. The molecule has 4 aromatic rings. The molecule has 1 heterocycles. The lowest BCUT2D eigenvalue weighted by atomic mass is 10.1. The number of carbonyl (C=O) groups excluding carboxylic acids is 3. The summed E-state index contributed by atoms with van der Waals surface area (Å²) in [5.74, 6) is -1.68. The van der Waals surface area contributed by atoms with Crippen LogP contribution in [0.3, 0.4) is 0 Å². The molecule has 0 fully saturated rings. The van der Waals surface area contributed by atoms with Crippen LogP contribution in [-0.4, -0.2) is 29.5 Å². The van der Waals surface area contributed by atoms with Gasteiger partial charge in [0, 0.05) is 21.8 Å². The molecule has 0 aliphatic carbocycles. The highest BCUT2D eigenvalue weighted by molar-refractivity contribution is 6.42. The van der Waals surface area contributed by atoms with E-state index in [1.165, 1.54) is 11.8 Å². The summed E-state index contributed by atoms with van der Waals surface area (Å²) in [5, 5.41) is 6.53. The fraction of sp³-hybridized carbons (Fsp3) is 0.115. The Bertz CT molecular complexity index is 1420. The monoisotopic (exact) mass is 490 g/mol. The number of fused-ring (bicyclic) bond motifs is 1.